The maximum absolute atomic E-state index is 13.7. The molecule has 1 N–H and O–H groups in total. The van der Waals surface area contributed by atoms with E-state index in [4.69, 9.17) is 0 Å². The summed E-state index contributed by atoms with van der Waals surface area (Å²) in [6.07, 6.45) is 2.39. The Hall–Kier alpha value is -2.90. The highest BCUT2D eigenvalue weighted by atomic mass is 19.1. The van der Waals surface area contributed by atoms with Crippen molar-refractivity contribution in [2.45, 2.75) is 26.7 Å². The van der Waals surface area contributed by atoms with E-state index in [0.717, 1.165) is 30.6 Å². The smallest absolute Gasteiger partial charge is 0.321 e. The average Bonchev–Trinajstić information content (AvgIpc) is 2.77. The molecule has 2 saturated heterocycles. The molecule has 0 saturated carbocycles. The highest BCUT2D eigenvalue weighted by molar-refractivity contribution is 5.89. The molecule has 3 heterocycles. The first kappa shape index (κ1) is 20.4. The highest BCUT2D eigenvalue weighted by Gasteiger charge is 2.23. The normalized spacial score (nSPS) is 17.9. The minimum absolute atomic E-state index is 0.210. The van der Waals surface area contributed by atoms with Crippen LogP contribution in [0.15, 0.2) is 30.3 Å². The van der Waals surface area contributed by atoms with Crippen LogP contribution in [0.1, 0.15) is 25.3 Å². The van der Waals surface area contributed by atoms with Crippen LogP contribution in [0.25, 0.3) is 0 Å². The van der Waals surface area contributed by atoms with Crippen LogP contribution >= 0.6 is 0 Å². The van der Waals surface area contributed by atoms with Gasteiger partial charge in [0.05, 0.1) is 0 Å². The van der Waals surface area contributed by atoms with Gasteiger partial charge in [0.25, 0.3) is 0 Å². The Morgan fingerprint density at radius 3 is 2.13 bits per heavy atom. The van der Waals surface area contributed by atoms with Crippen molar-refractivity contribution in [1.82, 2.24) is 15.1 Å². The number of nitrogens with one attached hydrogen (secondary N) is 1. The number of amides is 2. The molecule has 30 heavy (non-hydrogen) atoms. The number of urea groups is 1. The van der Waals surface area contributed by atoms with Crippen LogP contribution in [0.3, 0.4) is 0 Å². The molecule has 160 valence electrons. The standard InChI is InChI=1S/C22H29FN6O/c1-16-7-9-27(10-8-16)20-5-6-21(26-25-20)28-11-13-29(14-12-28)22(30)24-18-4-3-17(2)19(23)15-18/h3-6,15-16H,7-14H2,1-2H3,(H,24,30). The molecule has 0 unspecified atom stereocenters. The summed E-state index contributed by atoms with van der Waals surface area (Å²) in [5.41, 5.74) is 1.03. The summed E-state index contributed by atoms with van der Waals surface area (Å²) in [5.74, 6) is 2.24. The molecule has 8 heteroatoms. The van der Waals surface area contributed by atoms with Crippen LogP contribution in [0, 0.1) is 18.7 Å². The summed E-state index contributed by atoms with van der Waals surface area (Å²) < 4.78 is 13.7. The monoisotopic (exact) mass is 412 g/mol. The van der Waals surface area contributed by atoms with E-state index in [1.54, 1.807) is 24.0 Å². The number of aromatic nitrogens is 2. The number of carbonyl (C=O) groups excluding carboxylic acids is 1. The molecule has 0 atom stereocenters. The van der Waals surface area contributed by atoms with Gasteiger partial charge in [-0.15, -0.1) is 10.2 Å². The Kier molecular flexibility index (Phi) is 6.01. The first-order chi connectivity index (χ1) is 14.5. The Morgan fingerprint density at radius 1 is 0.967 bits per heavy atom. The molecule has 2 aromatic rings. The van der Waals surface area contributed by atoms with Gasteiger partial charge in [0.1, 0.15) is 5.82 Å². The first-order valence-corrected chi connectivity index (χ1v) is 10.7. The zero-order valence-corrected chi connectivity index (χ0v) is 17.6. The van der Waals surface area contributed by atoms with Gasteiger partial charge in [-0.05, 0) is 55.5 Å². The van der Waals surface area contributed by atoms with Gasteiger partial charge in [0, 0.05) is 45.0 Å². The van der Waals surface area contributed by atoms with Crippen LogP contribution in [0.4, 0.5) is 26.5 Å². The van der Waals surface area contributed by atoms with Crippen molar-refractivity contribution in [2.24, 2.45) is 5.92 Å². The molecule has 0 spiro atoms. The van der Waals surface area contributed by atoms with E-state index in [2.05, 4.69) is 32.2 Å². The van der Waals surface area contributed by atoms with Crippen LogP contribution < -0.4 is 15.1 Å². The topological polar surface area (TPSA) is 64.6 Å². The Labute approximate surface area is 176 Å². The Bertz CT molecular complexity index is 874. The number of piperidine rings is 1. The SMILES string of the molecule is Cc1ccc(NC(=O)N2CCN(c3ccc(N4CCC(C)CC4)nn3)CC2)cc1F. The molecule has 0 radical (unpaired) electrons. The minimum Gasteiger partial charge on any atom is -0.355 e. The molecule has 1 aromatic carbocycles. The third kappa shape index (κ3) is 4.63. The third-order valence-corrected chi connectivity index (χ3v) is 6.06. The summed E-state index contributed by atoms with van der Waals surface area (Å²) >= 11 is 0. The van der Waals surface area contributed by atoms with Crippen LogP contribution in [-0.4, -0.2) is 60.4 Å². The average molecular weight is 413 g/mol. The van der Waals surface area contributed by atoms with Gasteiger partial charge in [-0.3, -0.25) is 0 Å². The maximum Gasteiger partial charge on any atom is 0.321 e. The fraction of sp³-hybridized carbons (Fsp3) is 0.500. The molecule has 1 aromatic heterocycles. The number of anilines is 3. The van der Waals surface area contributed by atoms with Gasteiger partial charge < -0.3 is 20.0 Å². The number of halogens is 1. The second kappa shape index (κ2) is 8.85. The number of piperazine rings is 1. The zero-order chi connectivity index (χ0) is 21.1. The van der Waals surface area contributed by atoms with Gasteiger partial charge in [-0.25, -0.2) is 9.18 Å². The van der Waals surface area contributed by atoms with E-state index in [1.165, 1.54) is 18.9 Å². The second-order valence-corrected chi connectivity index (χ2v) is 8.29. The summed E-state index contributed by atoms with van der Waals surface area (Å²) in [4.78, 5) is 18.7. The van der Waals surface area contributed by atoms with Gasteiger partial charge in [0.2, 0.25) is 0 Å². The second-order valence-electron chi connectivity index (χ2n) is 8.29. The number of aryl methyl sites for hydroxylation is 1. The number of benzene rings is 1. The van der Waals surface area contributed by atoms with Gasteiger partial charge in [-0.2, -0.15) is 0 Å². The van der Waals surface area contributed by atoms with E-state index < -0.39 is 0 Å². The van der Waals surface area contributed by atoms with Crippen LogP contribution in [-0.2, 0) is 0 Å². The fourth-order valence-corrected chi connectivity index (χ4v) is 3.90. The van der Waals surface area contributed by atoms with Gasteiger partial charge >= 0.3 is 6.03 Å². The fourth-order valence-electron chi connectivity index (χ4n) is 3.90. The van der Waals surface area contributed by atoms with Crippen LogP contribution in [0.2, 0.25) is 0 Å². The van der Waals surface area contributed by atoms with E-state index in [1.807, 2.05) is 12.1 Å². The zero-order valence-electron chi connectivity index (χ0n) is 17.6. The van der Waals surface area contributed by atoms with E-state index in [9.17, 15) is 9.18 Å². The lowest BCUT2D eigenvalue weighted by molar-refractivity contribution is 0.208. The molecular weight excluding hydrogens is 383 g/mol. The van der Waals surface area contributed by atoms with Crippen molar-refractivity contribution in [1.29, 1.82) is 0 Å². The Balaban J connectivity index is 1.29. The number of nitrogens with zero attached hydrogens (tertiary/aromatic N) is 5. The van der Waals surface area contributed by atoms with E-state index in [0.29, 0.717) is 37.4 Å². The number of hydrogen-bond donors (Lipinski definition) is 1. The lowest BCUT2D eigenvalue weighted by Crippen LogP contribution is -2.50. The molecule has 0 aliphatic carbocycles. The van der Waals surface area contributed by atoms with Crippen molar-refractivity contribution < 1.29 is 9.18 Å². The minimum atomic E-state index is -0.321. The number of hydrogen-bond acceptors (Lipinski definition) is 5. The lowest BCUT2D eigenvalue weighted by Gasteiger charge is -2.35. The van der Waals surface area contributed by atoms with Gasteiger partial charge in [0.15, 0.2) is 11.6 Å². The molecule has 0 bridgehead atoms. The third-order valence-electron chi connectivity index (χ3n) is 6.06. The van der Waals surface area contributed by atoms with E-state index >= 15 is 0 Å². The molecule has 2 aliphatic heterocycles. The van der Waals surface area contributed by atoms with E-state index in [-0.39, 0.29) is 11.8 Å². The quantitative estimate of drug-likeness (QED) is 0.836. The molecule has 2 amide bonds. The lowest BCUT2D eigenvalue weighted by atomic mass is 9.99. The predicted octanol–water partition coefficient (Wildman–Crippen LogP) is 3.51. The van der Waals surface area contributed by atoms with Crippen molar-refractivity contribution in [2.75, 3.05) is 54.4 Å². The summed E-state index contributed by atoms with van der Waals surface area (Å²) in [5, 5.41) is 11.6. The summed E-state index contributed by atoms with van der Waals surface area (Å²) in [7, 11) is 0. The molecule has 2 fully saturated rings. The van der Waals surface area contributed by atoms with Gasteiger partial charge in [-0.1, -0.05) is 13.0 Å². The predicted molar refractivity (Wildman–Crippen MR) is 117 cm³/mol. The summed E-state index contributed by atoms with van der Waals surface area (Å²) in [6.45, 7) is 8.59. The first-order valence-electron chi connectivity index (χ1n) is 10.7. The molecule has 4 rings (SSSR count). The van der Waals surface area contributed by atoms with Crippen LogP contribution in [0.5, 0.6) is 0 Å². The molecular formula is C22H29FN6O. The summed E-state index contributed by atoms with van der Waals surface area (Å²) in [6, 6.07) is 8.58. The maximum atomic E-state index is 13.7. The number of carbonyl (C=O) groups is 1. The van der Waals surface area contributed by atoms with Crippen molar-refractivity contribution >= 4 is 23.4 Å². The largest absolute Gasteiger partial charge is 0.355 e. The van der Waals surface area contributed by atoms with Crippen molar-refractivity contribution in [3.8, 4) is 0 Å². The Morgan fingerprint density at radius 2 is 1.57 bits per heavy atom. The van der Waals surface area contributed by atoms with Crippen molar-refractivity contribution in [3.05, 3.63) is 41.7 Å². The molecule has 2 aliphatic rings. The molecule has 7 nitrogen and oxygen atoms in total. The number of rotatable bonds is 3. The van der Waals surface area contributed by atoms with Crippen molar-refractivity contribution in [3.63, 3.8) is 0 Å². The highest BCUT2D eigenvalue weighted by Crippen LogP contribution is 2.22.